The van der Waals surface area contributed by atoms with Gasteiger partial charge in [0.1, 0.15) is 22.6 Å². The summed E-state index contributed by atoms with van der Waals surface area (Å²) in [6.45, 7) is -0.451. The Balaban J connectivity index is 2.58. The van der Waals surface area contributed by atoms with Gasteiger partial charge in [0.05, 0.1) is 12.7 Å². The highest BCUT2D eigenvalue weighted by Gasteiger charge is 2.12. The van der Waals surface area contributed by atoms with Gasteiger partial charge in [-0.3, -0.25) is 0 Å². The Kier molecular flexibility index (Phi) is 3.22. The molecule has 0 amide bonds. The molecule has 18 heavy (non-hydrogen) atoms. The molecule has 0 radical (unpaired) electrons. The van der Waals surface area contributed by atoms with Crippen molar-refractivity contribution in [3.63, 3.8) is 0 Å². The van der Waals surface area contributed by atoms with Crippen LogP contribution in [0.4, 0.5) is 0 Å². The van der Waals surface area contributed by atoms with Crippen LogP contribution in [-0.4, -0.2) is 33.1 Å². The van der Waals surface area contributed by atoms with Crippen LogP contribution >= 0.6 is 0 Å². The summed E-state index contributed by atoms with van der Waals surface area (Å²) in [5.41, 5.74) is -0.759. The molecule has 1 aromatic carbocycles. The zero-order valence-corrected chi connectivity index (χ0v) is 9.33. The second-order valence-corrected chi connectivity index (χ2v) is 3.97. The summed E-state index contributed by atoms with van der Waals surface area (Å²) in [4.78, 5) is 11.6. The minimum atomic E-state index is -1.03. The van der Waals surface area contributed by atoms with Crippen molar-refractivity contribution < 1.29 is 24.8 Å². The van der Waals surface area contributed by atoms with Crippen molar-refractivity contribution in [3.8, 4) is 11.5 Å². The van der Waals surface area contributed by atoms with Gasteiger partial charge in [0.2, 0.25) is 0 Å². The minimum Gasteiger partial charge on any atom is -0.508 e. The van der Waals surface area contributed by atoms with Crippen molar-refractivity contribution >= 4 is 10.8 Å². The Hall–Kier alpha value is -2.05. The number of phenols is 2. The summed E-state index contributed by atoms with van der Waals surface area (Å²) in [5.74, 6) is -0.383. The van der Waals surface area contributed by atoms with E-state index in [0.29, 0.717) is 5.39 Å². The van der Waals surface area contributed by atoms with Gasteiger partial charge in [0, 0.05) is 12.5 Å². The standard InChI is InChI=1S/C12H12O6/c13-5-8(15)3-9-2-6-1-7(14)4-10(16)11(6)12(17)18-9/h1-2,4,8,13-16H,3,5H2/t8-/m1/s1. The molecule has 0 saturated heterocycles. The van der Waals surface area contributed by atoms with Crippen LogP contribution in [0.3, 0.4) is 0 Å². The van der Waals surface area contributed by atoms with Gasteiger partial charge in [0.15, 0.2) is 0 Å². The van der Waals surface area contributed by atoms with Crippen molar-refractivity contribution in [2.75, 3.05) is 6.61 Å². The van der Waals surface area contributed by atoms with Crippen LogP contribution in [0.1, 0.15) is 5.76 Å². The van der Waals surface area contributed by atoms with E-state index in [0.717, 1.165) is 6.07 Å². The van der Waals surface area contributed by atoms with E-state index in [2.05, 4.69) is 0 Å². The number of fused-ring (bicyclic) bond motifs is 1. The molecule has 1 atom stereocenters. The number of phenolic OH excluding ortho intramolecular Hbond substituents is 2. The Morgan fingerprint density at radius 3 is 2.61 bits per heavy atom. The largest absolute Gasteiger partial charge is 0.508 e. The van der Waals surface area contributed by atoms with Gasteiger partial charge < -0.3 is 24.8 Å². The molecule has 0 aliphatic carbocycles. The highest BCUT2D eigenvalue weighted by atomic mass is 16.4. The van der Waals surface area contributed by atoms with Crippen molar-refractivity contribution in [2.24, 2.45) is 0 Å². The monoisotopic (exact) mass is 252 g/mol. The SMILES string of the molecule is O=c1oc(C[C@@H](O)CO)cc2cc(O)cc(O)c12. The van der Waals surface area contributed by atoms with Crippen LogP contribution in [0.5, 0.6) is 11.5 Å². The fourth-order valence-corrected chi connectivity index (χ4v) is 1.74. The van der Waals surface area contributed by atoms with Crippen LogP contribution in [0.25, 0.3) is 10.8 Å². The second-order valence-electron chi connectivity index (χ2n) is 3.97. The van der Waals surface area contributed by atoms with Crippen LogP contribution in [0.15, 0.2) is 27.4 Å². The molecule has 0 spiro atoms. The molecule has 1 aromatic heterocycles. The normalized spacial score (nSPS) is 12.8. The first-order valence-corrected chi connectivity index (χ1v) is 5.29. The van der Waals surface area contributed by atoms with Gasteiger partial charge in [-0.05, 0) is 17.5 Å². The molecule has 0 aliphatic rings. The maximum Gasteiger partial charge on any atom is 0.347 e. The smallest absolute Gasteiger partial charge is 0.347 e. The Bertz CT molecular complexity index is 630. The van der Waals surface area contributed by atoms with Gasteiger partial charge >= 0.3 is 5.63 Å². The molecular weight excluding hydrogens is 240 g/mol. The lowest BCUT2D eigenvalue weighted by Crippen LogP contribution is -2.16. The van der Waals surface area contributed by atoms with E-state index in [1.54, 1.807) is 0 Å². The number of hydrogen-bond donors (Lipinski definition) is 4. The molecule has 0 unspecified atom stereocenters. The molecule has 6 heteroatoms. The average Bonchev–Trinajstić information content (AvgIpc) is 2.26. The van der Waals surface area contributed by atoms with Gasteiger partial charge in [-0.25, -0.2) is 4.79 Å². The van der Waals surface area contributed by atoms with Gasteiger partial charge in [-0.1, -0.05) is 0 Å². The first-order chi connectivity index (χ1) is 8.51. The second kappa shape index (κ2) is 4.67. The van der Waals surface area contributed by atoms with Crippen LogP contribution < -0.4 is 5.63 Å². The summed E-state index contributed by atoms with van der Waals surface area (Å²) in [7, 11) is 0. The predicted molar refractivity (Wildman–Crippen MR) is 62.6 cm³/mol. The molecular formula is C12H12O6. The number of aliphatic hydroxyl groups excluding tert-OH is 2. The predicted octanol–water partition coefficient (Wildman–Crippen LogP) is 0.0999. The third-order valence-corrected chi connectivity index (χ3v) is 2.52. The molecule has 1 heterocycles. The highest BCUT2D eigenvalue weighted by molar-refractivity contribution is 5.88. The van der Waals surface area contributed by atoms with Crippen molar-refractivity contribution in [2.45, 2.75) is 12.5 Å². The number of aromatic hydroxyl groups is 2. The summed E-state index contributed by atoms with van der Waals surface area (Å²) in [6.07, 6.45) is -1.06. The summed E-state index contributed by atoms with van der Waals surface area (Å²) >= 11 is 0. The summed E-state index contributed by atoms with van der Waals surface area (Å²) in [5, 5.41) is 37.1. The maximum absolute atomic E-state index is 11.6. The topological polar surface area (TPSA) is 111 Å². The molecule has 96 valence electrons. The third kappa shape index (κ3) is 2.29. The van der Waals surface area contributed by atoms with Crippen molar-refractivity contribution in [3.05, 3.63) is 34.4 Å². The van der Waals surface area contributed by atoms with Gasteiger partial charge in [0.25, 0.3) is 0 Å². The first-order valence-electron chi connectivity index (χ1n) is 5.29. The highest BCUT2D eigenvalue weighted by Crippen LogP contribution is 2.27. The summed E-state index contributed by atoms with van der Waals surface area (Å²) in [6, 6.07) is 3.78. The molecule has 0 aliphatic heterocycles. The molecule has 2 rings (SSSR count). The van der Waals surface area contributed by atoms with E-state index in [1.807, 2.05) is 0 Å². The van der Waals surface area contributed by atoms with Crippen LogP contribution in [-0.2, 0) is 6.42 Å². The van der Waals surface area contributed by atoms with Crippen LogP contribution in [0.2, 0.25) is 0 Å². The van der Waals surface area contributed by atoms with Crippen molar-refractivity contribution in [1.29, 1.82) is 0 Å². The minimum absolute atomic E-state index is 0.0297. The molecule has 6 nitrogen and oxygen atoms in total. The molecule has 4 N–H and O–H groups in total. The Labute approximate surface area is 101 Å². The van der Waals surface area contributed by atoms with E-state index >= 15 is 0 Å². The van der Waals surface area contributed by atoms with Crippen LogP contribution in [0, 0.1) is 0 Å². The average molecular weight is 252 g/mol. The number of hydrogen-bond acceptors (Lipinski definition) is 6. The lowest BCUT2D eigenvalue weighted by molar-refractivity contribution is 0.0905. The van der Waals surface area contributed by atoms with E-state index in [1.165, 1.54) is 12.1 Å². The zero-order valence-electron chi connectivity index (χ0n) is 9.33. The fraction of sp³-hybridized carbons (Fsp3) is 0.250. The lowest BCUT2D eigenvalue weighted by atomic mass is 10.1. The fourth-order valence-electron chi connectivity index (χ4n) is 1.74. The van der Waals surface area contributed by atoms with Gasteiger partial charge in [-0.2, -0.15) is 0 Å². The number of rotatable bonds is 3. The quantitative estimate of drug-likeness (QED) is 0.616. The van der Waals surface area contributed by atoms with E-state index in [4.69, 9.17) is 9.52 Å². The van der Waals surface area contributed by atoms with Crippen molar-refractivity contribution in [1.82, 2.24) is 0 Å². The zero-order chi connectivity index (χ0) is 13.3. The number of benzene rings is 1. The van der Waals surface area contributed by atoms with E-state index in [-0.39, 0.29) is 29.1 Å². The van der Waals surface area contributed by atoms with E-state index < -0.39 is 18.3 Å². The Morgan fingerprint density at radius 1 is 1.22 bits per heavy atom. The number of aliphatic hydroxyl groups is 2. The summed E-state index contributed by atoms with van der Waals surface area (Å²) < 4.78 is 4.92. The first kappa shape index (κ1) is 12.4. The molecule has 0 bridgehead atoms. The molecule has 0 fully saturated rings. The van der Waals surface area contributed by atoms with E-state index in [9.17, 15) is 20.1 Å². The van der Waals surface area contributed by atoms with Gasteiger partial charge in [-0.15, -0.1) is 0 Å². The Morgan fingerprint density at radius 2 is 1.94 bits per heavy atom. The molecule has 0 saturated carbocycles. The maximum atomic E-state index is 11.6. The lowest BCUT2D eigenvalue weighted by Gasteiger charge is -2.07. The third-order valence-electron chi connectivity index (χ3n) is 2.52. The molecule has 2 aromatic rings.